The number of ether oxygens (including phenoxy) is 1. The molecule has 0 fully saturated rings. The fourth-order valence-electron chi connectivity index (χ4n) is 2.54. The van der Waals surface area contributed by atoms with E-state index in [0.717, 1.165) is 16.1 Å². The number of hydrogen-bond donors (Lipinski definition) is 2. The van der Waals surface area contributed by atoms with Gasteiger partial charge in [-0.05, 0) is 61.0 Å². The predicted octanol–water partition coefficient (Wildman–Crippen LogP) is 4.34. The fraction of sp³-hybridized carbons (Fsp3) is 0.125. The maximum absolute atomic E-state index is 12.2. The van der Waals surface area contributed by atoms with Gasteiger partial charge in [0.2, 0.25) is 0 Å². The topological polar surface area (TPSA) is 79.8 Å². The van der Waals surface area contributed by atoms with Crippen molar-refractivity contribution in [1.82, 2.24) is 5.43 Å². The molecule has 0 radical (unpaired) electrons. The number of rotatable bonds is 9. The van der Waals surface area contributed by atoms with Gasteiger partial charge in [-0.3, -0.25) is 9.59 Å². The van der Waals surface area contributed by atoms with E-state index in [0.29, 0.717) is 5.75 Å². The van der Waals surface area contributed by atoms with Crippen LogP contribution in [0, 0.1) is 0 Å². The average molecular weight is 434 g/mol. The highest BCUT2D eigenvalue weighted by Crippen LogP contribution is 2.22. The van der Waals surface area contributed by atoms with Crippen LogP contribution in [0.25, 0.3) is 0 Å². The third-order valence-corrected chi connectivity index (χ3v) is 5.23. The summed E-state index contributed by atoms with van der Waals surface area (Å²) in [5.74, 6) is 0.161. The molecule has 3 aromatic rings. The average Bonchev–Trinajstić information content (AvgIpc) is 2.80. The van der Waals surface area contributed by atoms with E-state index in [-0.39, 0.29) is 23.7 Å². The molecule has 31 heavy (non-hydrogen) atoms. The summed E-state index contributed by atoms with van der Waals surface area (Å²) in [6.07, 6.45) is 1.56. The summed E-state index contributed by atoms with van der Waals surface area (Å²) in [6.45, 7) is 1.75. The van der Waals surface area contributed by atoms with Crippen molar-refractivity contribution in [2.24, 2.45) is 5.10 Å². The van der Waals surface area contributed by atoms with Crippen LogP contribution in [0.15, 0.2) is 94.9 Å². The van der Waals surface area contributed by atoms with E-state index >= 15 is 0 Å². The number of benzene rings is 3. The first-order valence-electron chi connectivity index (χ1n) is 9.72. The van der Waals surface area contributed by atoms with Gasteiger partial charge in [-0.25, -0.2) is 5.43 Å². The monoisotopic (exact) mass is 433 g/mol. The minimum atomic E-state index is -0.266. The van der Waals surface area contributed by atoms with Crippen molar-refractivity contribution in [3.63, 3.8) is 0 Å². The molecule has 0 aliphatic heterocycles. The molecule has 3 aromatic carbocycles. The smallest absolute Gasteiger partial charge is 0.262 e. The Hall–Kier alpha value is -3.58. The Morgan fingerprint density at radius 2 is 1.61 bits per heavy atom. The summed E-state index contributed by atoms with van der Waals surface area (Å²) in [5, 5.41) is 6.51. The van der Waals surface area contributed by atoms with E-state index in [1.165, 1.54) is 11.8 Å². The first-order chi connectivity index (χ1) is 15.1. The SMILES string of the molecule is C[C@@H](Sc1ccccc1)C(=O)N/N=C\c1ccc(OCC(=O)Nc2ccccc2)cc1. The lowest BCUT2D eigenvalue weighted by atomic mass is 10.2. The summed E-state index contributed by atoms with van der Waals surface area (Å²) < 4.78 is 5.50. The van der Waals surface area contributed by atoms with Crippen molar-refractivity contribution in [2.45, 2.75) is 17.1 Å². The summed E-state index contributed by atoms with van der Waals surface area (Å²) in [6, 6.07) is 26.0. The Morgan fingerprint density at radius 3 is 2.29 bits per heavy atom. The number of hydrazone groups is 1. The van der Waals surface area contributed by atoms with Gasteiger partial charge in [0, 0.05) is 10.6 Å². The second-order valence-corrected chi connectivity index (χ2v) is 7.99. The largest absolute Gasteiger partial charge is 0.484 e. The van der Waals surface area contributed by atoms with E-state index < -0.39 is 0 Å². The molecule has 6 nitrogen and oxygen atoms in total. The van der Waals surface area contributed by atoms with Gasteiger partial charge in [0.05, 0.1) is 11.5 Å². The number of para-hydroxylation sites is 1. The molecule has 158 valence electrons. The van der Waals surface area contributed by atoms with Gasteiger partial charge in [0.1, 0.15) is 5.75 Å². The number of hydrogen-bond acceptors (Lipinski definition) is 5. The molecule has 0 aromatic heterocycles. The van der Waals surface area contributed by atoms with Crippen molar-refractivity contribution >= 4 is 35.5 Å². The Kier molecular flexibility index (Phi) is 8.25. The molecule has 7 heteroatoms. The van der Waals surface area contributed by atoms with Crippen LogP contribution in [0.3, 0.4) is 0 Å². The molecule has 0 spiro atoms. The van der Waals surface area contributed by atoms with Gasteiger partial charge in [-0.2, -0.15) is 5.10 Å². The molecule has 0 bridgehead atoms. The maximum atomic E-state index is 12.2. The Balaban J connectivity index is 1.41. The lowest BCUT2D eigenvalue weighted by Crippen LogP contribution is -2.26. The minimum absolute atomic E-state index is 0.0879. The van der Waals surface area contributed by atoms with Gasteiger partial charge >= 0.3 is 0 Å². The van der Waals surface area contributed by atoms with E-state index in [9.17, 15) is 9.59 Å². The van der Waals surface area contributed by atoms with Gasteiger partial charge in [-0.15, -0.1) is 11.8 Å². The maximum Gasteiger partial charge on any atom is 0.262 e. The third-order valence-electron chi connectivity index (χ3n) is 4.12. The molecule has 0 saturated heterocycles. The zero-order chi connectivity index (χ0) is 21.9. The predicted molar refractivity (Wildman–Crippen MR) is 125 cm³/mol. The van der Waals surface area contributed by atoms with Crippen LogP contribution in [-0.4, -0.2) is 29.9 Å². The van der Waals surface area contributed by atoms with Crippen LogP contribution in [0.4, 0.5) is 5.69 Å². The molecule has 0 saturated carbocycles. The van der Waals surface area contributed by atoms with Crippen LogP contribution >= 0.6 is 11.8 Å². The van der Waals surface area contributed by atoms with Gasteiger partial charge in [0.15, 0.2) is 6.61 Å². The molecule has 2 N–H and O–H groups in total. The summed E-state index contributed by atoms with van der Waals surface area (Å²) in [4.78, 5) is 25.1. The normalized spacial score (nSPS) is 11.6. The molecule has 0 unspecified atom stereocenters. The van der Waals surface area contributed by atoms with Crippen molar-refractivity contribution in [2.75, 3.05) is 11.9 Å². The number of thioether (sulfide) groups is 1. The molecule has 0 heterocycles. The quantitative estimate of drug-likeness (QED) is 0.299. The van der Waals surface area contributed by atoms with Crippen LogP contribution in [0.1, 0.15) is 12.5 Å². The van der Waals surface area contributed by atoms with Crippen LogP contribution in [0.5, 0.6) is 5.75 Å². The fourth-order valence-corrected chi connectivity index (χ4v) is 3.42. The highest BCUT2D eigenvalue weighted by atomic mass is 32.2. The molecular formula is C24H23N3O3S. The zero-order valence-electron chi connectivity index (χ0n) is 17.0. The molecule has 0 aliphatic carbocycles. The van der Waals surface area contributed by atoms with Gasteiger partial charge in [-0.1, -0.05) is 36.4 Å². The molecule has 1 atom stereocenters. The third kappa shape index (κ3) is 7.64. The second-order valence-electron chi connectivity index (χ2n) is 6.58. The standard InChI is InChI=1S/C24H23N3O3S/c1-18(31-22-10-6-3-7-11-22)24(29)27-25-16-19-12-14-21(15-13-19)30-17-23(28)26-20-8-4-2-5-9-20/h2-16,18H,17H2,1H3,(H,26,28)(H,27,29)/b25-16-/t18-/m1/s1. The number of anilines is 1. The number of carbonyl (C=O) groups excluding carboxylic acids is 2. The highest BCUT2D eigenvalue weighted by molar-refractivity contribution is 8.00. The van der Waals surface area contributed by atoms with E-state index in [2.05, 4.69) is 15.8 Å². The summed E-state index contributed by atoms with van der Waals surface area (Å²) in [7, 11) is 0. The van der Waals surface area contributed by atoms with E-state index in [4.69, 9.17) is 4.74 Å². The molecular weight excluding hydrogens is 410 g/mol. The number of nitrogens with one attached hydrogen (secondary N) is 2. The molecule has 2 amide bonds. The van der Waals surface area contributed by atoms with Crippen molar-refractivity contribution < 1.29 is 14.3 Å². The Morgan fingerprint density at radius 1 is 0.968 bits per heavy atom. The molecule has 3 rings (SSSR count). The van der Waals surface area contributed by atoms with Crippen LogP contribution in [0.2, 0.25) is 0 Å². The Labute approximate surface area is 185 Å². The lowest BCUT2D eigenvalue weighted by molar-refractivity contribution is -0.120. The van der Waals surface area contributed by atoms with E-state index in [1.54, 1.807) is 30.5 Å². The number of nitrogens with zero attached hydrogens (tertiary/aromatic N) is 1. The first-order valence-corrected chi connectivity index (χ1v) is 10.6. The van der Waals surface area contributed by atoms with Crippen molar-refractivity contribution in [3.8, 4) is 5.75 Å². The van der Waals surface area contributed by atoms with E-state index in [1.807, 2.05) is 67.6 Å². The van der Waals surface area contributed by atoms with Crippen LogP contribution in [-0.2, 0) is 9.59 Å². The number of carbonyl (C=O) groups is 2. The summed E-state index contributed by atoms with van der Waals surface area (Å²) in [5.41, 5.74) is 4.07. The first kappa shape index (κ1) is 22.1. The minimum Gasteiger partial charge on any atom is -0.484 e. The van der Waals surface area contributed by atoms with Crippen LogP contribution < -0.4 is 15.5 Å². The van der Waals surface area contributed by atoms with Crippen molar-refractivity contribution in [3.05, 3.63) is 90.5 Å². The van der Waals surface area contributed by atoms with Crippen molar-refractivity contribution in [1.29, 1.82) is 0 Å². The van der Waals surface area contributed by atoms with Gasteiger partial charge < -0.3 is 10.1 Å². The van der Waals surface area contributed by atoms with Gasteiger partial charge in [0.25, 0.3) is 11.8 Å². The molecule has 0 aliphatic rings. The Bertz CT molecular complexity index is 1010. The highest BCUT2D eigenvalue weighted by Gasteiger charge is 2.13. The zero-order valence-corrected chi connectivity index (χ0v) is 17.8. The lowest BCUT2D eigenvalue weighted by Gasteiger charge is -2.09. The second kappa shape index (κ2) is 11.6. The summed E-state index contributed by atoms with van der Waals surface area (Å²) >= 11 is 1.47. The number of amides is 2.